The normalized spacial score (nSPS) is 22.4. The van der Waals surface area contributed by atoms with E-state index in [1.165, 1.54) is 0 Å². The first kappa shape index (κ1) is 16.4. The third-order valence-corrected chi connectivity index (χ3v) is 5.34. The standard InChI is InChI=1S/C16H16N4O6/c21-9-5-1-2-6-16(9)7-3-4-8-11(26-19-12(8)16)13-17-14(22)10(20(24)25)15(23)18-13/h1-7H2,(H2,17,18,22,23)/t16-/m1/s1. The van der Waals surface area contributed by atoms with Crippen LogP contribution in [-0.2, 0) is 16.6 Å². The number of hydrogen-bond donors (Lipinski definition) is 2. The van der Waals surface area contributed by atoms with Gasteiger partial charge in [-0.25, -0.2) is 0 Å². The fraction of sp³-hybridized carbons (Fsp3) is 0.500. The maximum absolute atomic E-state index is 12.6. The topological polar surface area (TPSA) is 152 Å². The van der Waals surface area contributed by atoms with Crippen LogP contribution in [0.15, 0.2) is 9.32 Å². The Labute approximate surface area is 146 Å². The maximum atomic E-state index is 12.6. The number of nitrogens with one attached hydrogen (secondary N) is 1. The lowest BCUT2D eigenvalue weighted by Crippen LogP contribution is -2.41. The molecule has 1 saturated carbocycles. The van der Waals surface area contributed by atoms with E-state index in [-0.39, 0.29) is 17.4 Å². The minimum absolute atomic E-state index is 0.132. The van der Waals surface area contributed by atoms with E-state index in [2.05, 4.69) is 15.1 Å². The van der Waals surface area contributed by atoms with Gasteiger partial charge in [0.1, 0.15) is 11.5 Å². The maximum Gasteiger partial charge on any atom is 0.395 e. The number of aromatic hydroxyl groups is 1. The molecule has 4 rings (SSSR count). The van der Waals surface area contributed by atoms with E-state index >= 15 is 0 Å². The van der Waals surface area contributed by atoms with Crippen molar-refractivity contribution in [3.05, 3.63) is 31.7 Å². The van der Waals surface area contributed by atoms with Gasteiger partial charge in [-0.15, -0.1) is 0 Å². The second kappa shape index (κ2) is 5.75. The van der Waals surface area contributed by atoms with Gasteiger partial charge in [-0.05, 0) is 32.1 Å². The van der Waals surface area contributed by atoms with Gasteiger partial charge < -0.3 is 9.63 Å². The third-order valence-electron chi connectivity index (χ3n) is 5.34. The Morgan fingerprint density at radius 2 is 1.96 bits per heavy atom. The number of nitro groups is 1. The van der Waals surface area contributed by atoms with E-state index in [4.69, 9.17) is 4.52 Å². The van der Waals surface area contributed by atoms with Gasteiger partial charge in [0.25, 0.3) is 5.88 Å². The number of H-pyrrole nitrogens is 1. The number of carbonyl (C=O) groups is 1. The Hall–Kier alpha value is -3.04. The van der Waals surface area contributed by atoms with Crippen molar-refractivity contribution in [2.75, 3.05) is 0 Å². The largest absolute Gasteiger partial charge is 0.488 e. The molecular formula is C16H16N4O6. The highest BCUT2D eigenvalue weighted by Gasteiger charge is 2.47. The number of hydrogen-bond acceptors (Lipinski definition) is 8. The zero-order valence-electron chi connectivity index (χ0n) is 13.8. The Kier molecular flexibility index (Phi) is 3.63. The molecule has 0 bridgehead atoms. The molecule has 0 saturated heterocycles. The fourth-order valence-electron chi connectivity index (χ4n) is 4.12. The number of carbonyl (C=O) groups excluding carboxylic acids is 1. The van der Waals surface area contributed by atoms with Gasteiger partial charge in [-0.1, -0.05) is 11.6 Å². The van der Waals surface area contributed by atoms with Gasteiger partial charge in [-0.3, -0.25) is 24.7 Å². The highest BCUT2D eigenvalue weighted by atomic mass is 16.6. The number of Topliss-reactive ketones (excluding diaryl/α,β-unsaturated/α-hetero) is 1. The van der Waals surface area contributed by atoms with Crippen LogP contribution < -0.4 is 5.56 Å². The predicted octanol–water partition coefficient (Wildman–Crippen LogP) is 1.76. The van der Waals surface area contributed by atoms with Crippen LogP contribution in [-0.4, -0.2) is 30.9 Å². The Bertz CT molecular complexity index is 978. The van der Waals surface area contributed by atoms with E-state index in [0.29, 0.717) is 36.9 Å². The molecule has 2 N–H and O–H groups in total. The van der Waals surface area contributed by atoms with E-state index in [1.807, 2.05) is 0 Å². The molecule has 0 amide bonds. The van der Waals surface area contributed by atoms with Crippen LogP contribution in [0.5, 0.6) is 5.88 Å². The molecule has 0 aliphatic heterocycles. The first-order valence-electron chi connectivity index (χ1n) is 8.44. The van der Waals surface area contributed by atoms with Crippen LogP contribution >= 0.6 is 0 Å². The monoisotopic (exact) mass is 360 g/mol. The lowest BCUT2D eigenvalue weighted by atomic mass is 9.64. The first-order chi connectivity index (χ1) is 12.4. The molecule has 0 radical (unpaired) electrons. The van der Waals surface area contributed by atoms with Gasteiger partial charge in [-0.2, -0.15) is 4.98 Å². The fourth-order valence-corrected chi connectivity index (χ4v) is 4.12. The van der Waals surface area contributed by atoms with Crippen LogP contribution in [0, 0.1) is 10.1 Å². The molecule has 2 aromatic rings. The zero-order valence-corrected chi connectivity index (χ0v) is 13.8. The predicted molar refractivity (Wildman–Crippen MR) is 86.8 cm³/mol. The summed E-state index contributed by atoms with van der Waals surface area (Å²) in [5.41, 5.74) is -1.52. The molecule has 2 aliphatic carbocycles. The molecule has 26 heavy (non-hydrogen) atoms. The number of ketones is 1. The number of nitrogens with zero attached hydrogens (tertiary/aromatic N) is 3. The van der Waals surface area contributed by atoms with Crippen molar-refractivity contribution >= 4 is 11.5 Å². The van der Waals surface area contributed by atoms with Crippen LogP contribution in [0.2, 0.25) is 0 Å². The summed E-state index contributed by atoms with van der Waals surface area (Å²) >= 11 is 0. The highest BCUT2D eigenvalue weighted by molar-refractivity contribution is 5.91. The summed E-state index contributed by atoms with van der Waals surface area (Å²) in [4.78, 5) is 40.3. The summed E-state index contributed by atoms with van der Waals surface area (Å²) < 4.78 is 5.37. The van der Waals surface area contributed by atoms with Crippen molar-refractivity contribution in [3.8, 4) is 17.5 Å². The number of fused-ring (bicyclic) bond motifs is 2. The van der Waals surface area contributed by atoms with Gasteiger partial charge in [0.15, 0.2) is 5.82 Å². The number of aromatic nitrogens is 3. The minimum atomic E-state index is -1.08. The van der Waals surface area contributed by atoms with Crippen LogP contribution in [0.3, 0.4) is 0 Å². The summed E-state index contributed by atoms with van der Waals surface area (Å²) in [6.07, 6.45) is 5.07. The zero-order chi connectivity index (χ0) is 18.5. The molecule has 2 aliphatic rings. The number of aromatic amines is 1. The smallest absolute Gasteiger partial charge is 0.395 e. The second-order valence-corrected chi connectivity index (χ2v) is 6.75. The third kappa shape index (κ3) is 2.25. The molecule has 1 atom stereocenters. The molecule has 1 fully saturated rings. The van der Waals surface area contributed by atoms with Gasteiger partial charge >= 0.3 is 11.2 Å². The summed E-state index contributed by atoms with van der Waals surface area (Å²) in [5.74, 6) is -0.831. The van der Waals surface area contributed by atoms with Gasteiger partial charge in [0, 0.05) is 12.0 Å². The average Bonchev–Trinajstić information content (AvgIpc) is 3.02. The molecular weight excluding hydrogens is 344 g/mol. The lowest BCUT2D eigenvalue weighted by Gasteiger charge is -2.37. The quantitative estimate of drug-likeness (QED) is 0.607. The Morgan fingerprint density at radius 3 is 2.65 bits per heavy atom. The van der Waals surface area contributed by atoms with E-state index in [9.17, 15) is 24.8 Å². The molecule has 0 unspecified atom stereocenters. The van der Waals surface area contributed by atoms with E-state index in [1.54, 1.807) is 0 Å². The van der Waals surface area contributed by atoms with Crippen molar-refractivity contribution < 1.29 is 19.3 Å². The number of rotatable bonds is 2. The van der Waals surface area contributed by atoms with Crippen molar-refractivity contribution in [2.45, 2.75) is 50.4 Å². The van der Waals surface area contributed by atoms with Crippen LogP contribution in [0.25, 0.3) is 11.6 Å². The Balaban J connectivity index is 1.84. The molecule has 10 heteroatoms. The molecule has 136 valence electrons. The highest BCUT2D eigenvalue weighted by Crippen LogP contribution is 2.47. The Morgan fingerprint density at radius 1 is 1.19 bits per heavy atom. The summed E-state index contributed by atoms with van der Waals surface area (Å²) in [5, 5.41) is 24.7. The van der Waals surface area contributed by atoms with Crippen molar-refractivity contribution in [3.63, 3.8) is 0 Å². The SMILES string of the molecule is O=C1CCCC[C@@]12CCCc1c2noc1-c1nc(O)c([N+](=O)[O-])c(=O)[nH]1. The molecule has 2 heterocycles. The van der Waals surface area contributed by atoms with Crippen molar-refractivity contribution in [1.29, 1.82) is 0 Å². The second-order valence-electron chi connectivity index (χ2n) is 6.75. The van der Waals surface area contributed by atoms with Crippen LogP contribution in [0.1, 0.15) is 49.8 Å². The first-order valence-corrected chi connectivity index (χ1v) is 8.44. The minimum Gasteiger partial charge on any atom is -0.488 e. The molecule has 10 nitrogen and oxygen atoms in total. The van der Waals surface area contributed by atoms with Crippen molar-refractivity contribution in [1.82, 2.24) is 15.1 Å². The summed E-state index contributed by atoms with van der Waals surface area (Å²) in [6.45, 7) is 0. The average molecular weight is 360 g/mol. The van der Waals surface area contributed by atoms with Crippen molar-refractivity contribution in [2.24, 2.45) is 0 Å². The van der Waals surface area contributed by atoms with Gasteiger partial charge in [0.2, 0.25) is 5.76 Å². The lowest BCUT2D eigenvalue weighted by molar-refractivity contribution is -0.387. The van der Waals surface area contributed by atoms with Crippen LogP contribution in [0.4, 0.5) is 5.69 Å². The summed E-state index contributed by atoms with van der Waals surface area (Å²) in [7, 11) is 0. The van der Waals surface area contributed by atoms with E-state index in [0.717, 1.165) is 19.3 Å². The molecule has 1 spiro atoms. The molecule has 0 aromatic carbocycles. The van der Waals surface area contributed by atoms with Gasteiger partial charge in [0.05, 0.1) is 10.3 Å². The van der Waals surface area contributed by atoms with E-state index < -0.39 is 27.5 Å². The summed E-state index contributed by atoms with van der Waals surface area (Å²) in [6, 6.07) is 0. The molecule has 2 aromatic heterocycles.